The number of aromatic hydroxyl groups is 1. The number of aromatic nitrogens is 2. The summed E-state index contributed by atoms with van der Waals surface area (Å²) in [5.74, 6) is 1.54. The molecule has 1 aliphatic heterocycles. The van der Waals surface area contributed by atoms with Crippen molar-refractivity contribution in [1.82, 2.24) is 15.3 Å². The number of fused-ring (bicyclic) bond motifs is 1. The van der Waals surface area contributed by atoms with Crippen molar-refractivity contribution < 1.29 is 9.84 Å². The van der Waals surface area contributed by atoms with Gasteiger partial charge < -0.3 is 20.5 Å². The van der Waals surface area contributed by atoms with Gasteiger partial charge in [-0.05, 0) is 55.6 Å². The molecule has 2 heterocycles. The van der Waals surface area contributed by atoms with Gasteiger partial charge in [0.05, 0.1) is 11.1 Å². The number of methoxy groups -OCH3 is 1. The number of hydrogen-bond donors (Lipinski definition) is 3. The molecule has 0 aliphatic carbocycles. The molecule has 1 saturated heterocycles. The smallest absolute Gasteiger partial charge is 0.165 e. The number of ether oxygens (including phenoxy) is 1. The molecule has 1 aromatic heterocycles. The Hall–Kier alpha value is -2.70. The van der Waals surface area contributed by atoms with Crippen molar-refractivity contribution in [2.24, 2.45) is 0 Å². The van der Waals surface area contributed by atoms with Crippen LogP contribution in [0.2, 0.25) is 0 Å². The van der Waals surface area contributed by atoms with Crippen LogP contribution in [0.4, 0.5) is 5.82 Å². The summed E-state index contributed by atoms with van der Waals surface area (Å²) >= 11 is 0. The standard InChI is InChI=1S/C22H26N4O2/c1-28-12-4-5-15-8-9-17-19(13-15)25-22(18-6-2-3-7-20(18)27)26-21(17)24-16-10-11-23-14-16/h2-3,6-9,13,16,23,27H,4-5,10-12,14H2,1H3,(H,24,25,26)/t16-/m0/s1. The minimum absolute atomic E-state index is 0.187. The molecule has 4 rings (SSSR count). The number of rotatable bonds is 7. The maximum atomic E-state index is 10.3. The van der Waals surface area contributed by atoms with E-state index in [0.717, 1.165) is 55.7 Å². The third kappa shape index (κ3) is 4.08. The predicted molar refractivity (Wildman–Crippen MR) is 112 cm³/mol. The van der Waals surface area contributed by atoms with Crippen molar-refractivity contribution in [3.05, 3.63) is 48.0 Å². The molecule has 0 amide bonds. The van der Waals surface area contributed by atoms with Crippen LogP contribution in [0, 0.1) is 0 Å². The summed E-state index contributed by atoms with van der Waals surface area (Å²) in [7, 11) is 1.72. The maximum Gasteiger partial charge on any atom is 0.165 e. The second kappa shape index (κ2) is 8.54. The van der Waals surface area contributed by atoms with Crippen molar-refractivity contribution >= 4 is 16.7 Å². The summed E-state index contributed by atoms with van der Waals surface area (Å²) < 4.78 is 5.17. The molecule has 0 saturated carbocycles. The van der Waals surface area contributed by atoms with Crippen LogP contribution in [0.5, 0.6) is 5.75 Å². The highest BCUT2D eigenvalue weighted by atomic mass is 16.5. The van der Waals surface area contributed by atoms with E-state index < -0.39 is 0 Å². The zero-order valence-corrected chi connectivity index (χ0v) is 16.1. The van der Waals surface area contributed by atoms with Gasteiger partial charge in [0.25, 0.3) is 0 Å². The van der Waals surface area contributed by atoms with Gasteiger partial charge in [-0.3, -0.25) is 0 Å². The van der Waals surface area contributed by atoms with Gasteiger partial charge in [-0.2, -0.15) is 0 Å². The topological polar surface area (TPSA) is 79.3 Å². The molecule has 2 aromatic carbocycles. The van der Waals surface area contributed by atoms with Crippen LogP contribution in [0.25, 0.3) is 22.3 Å². The zero-order chi connectivity index (χ0) is 19.3. The summed E-state index contributed by atoms with van der Waals surface area (Å²) in [5, 5.41) is 18.2. The Bertz CT molecular complexity index is 954. The van der Waals surface area contributed by atoms with E-state index in [1.54, 1.807) is 19.2 Å². The Labute approximate surface area is 165 Å². The van der Waals surface area contributed by atoms with Crippen LogP contribution in [0.15, 0.2) is 42.5 Å². The van der Waals surface area contributed by atoms with Crippen LogP contribution < -0.4 is 10.6 Å². The monoisotopic (exact) mass is 378 g/mol. The minimum atomic E-state index is 0.187. The molecule has 0 spiro atoms. The molecule has 28 heavy (non-hydrogen) atoms. The van der Waals surface area contributed by atoms with Crippen LogP contribution in [-0.2, 0) is 11.2 Å². The number of hydrogen-bond acceptors (Lipinski definition) is 6. The van der Waals surface area contributed by atoms with Gasteiger partial charge in [-0.25, -0.2) is 9.97 Å². The van der Waals surface area contributed by atoms with Gasteiger partial charge in [0.15, 0.2) is 5.82 Å². The number of phenolic OH excluding ortho intramolecular Hbond substituents is 1. The third-order valence-electron chi connectivity index (χ3n) is 5.12. The quantitative estimate of drug-likeness (QED) is 0.547. The molecule has 3 aromatic rings. The SMILES string of the molecule is COCCCc1ccc2c(N[C@H]3CCNC3)nc(-c3ccccc3O)nc2c1. The van der Waals surface area contributed by atoms with Crippen molar-refractivity contribution in [2.45, 2.75) is 25.3 Å². The molecule has 6 nitrogen and oxygen atoms in total. The molecule has 3 N–H and O–H groups in total. The second-order valence-corrected chi connectivity index (χ2v) is 7.19. The Morgan fingerprint density at radius 3 is 2.89 bits per heavy atom. The van der Waals surface area contributed by atoms with Gasteiger partial charge in [0.2, 0.25) is 0 Å². The summed E-state index contributed by atoms with van der Waals surface area (Å²) in [6, 6.07) is 13.9. The van der Waals surface area contributed by atoms with E-state index in [1.807, 2.05) is 12.1 Å². The lowest BCUT2D eigenvalue weighted by molar-refractivity contribution is 0.195. The Kier molecular flexibility index (Phi) is 5.69. The van der Waals surface area contributed by atoms with E-state index in [4.69, 9.17) is 14.7 Å². The highest BCUT2D eigenvalue weighted by Crippen LogP contribution is 2.31. The van der Waals surface area contributed by atoms with E-state index in [1.165, 1.54) is 5.56 Å². The van der Waals surface area contributed by atoms with Crippen LogP contribution in [0.3, 0.4) is 0 Å². The molecule has 6 heteroatoms. The lowest BCUT2D eigenvalue weighted by Crippen LogP contribution is -2.23. The lowest BCUT2D eigenvalue weighted by Gasteiger charge is -2.16. The molecular weight excluding hydrogens is 352 g/mol. The van der Waals surface area contributed by atoms with Crippen LogP contribution >= 0.6 is 0 Å². The van der Waals surface area contributed by atoms with Crippen molar-refractivity contribution in [2.75, 3.05) is 32.1 Å². The van der Waals surface area contributed by atoms with Crippen LogP contribution in [0.1, 0.15) is 18.4 Å². The summed E-state index contributed by atoms with van der Waals surface area (Å²) in [6.45, 7) is 2.68. The third-order valence-corrected chi connectivity index (χ3v) is 5.12. The molecule has 1 aliphatic rings. The normalized spacial score (nSPS) is 16.5. The zero-order valence-electron chi connectivity index (χ0n) is 16.1. The first-order valence-corrected chi connectivity index (χ1v) is 9.80. The van der Waals surface area contributed by atoms with E-state index in [0.29, 0.717) is 17.4 Å². The van der Waals surface area contributed by atoms with Crippen molar-refractivity contribution in [1.29, 1.82) is 0 Å². The highest BCUT2D eigenvalue weighted by Gasteiger charge is 2.18. The fourth-order valence-electron chi connectivity index (χ4n) is 3.62. The first kappa shape index (κ1) is 18.7. The number of anilines is 1. The van der Waals surface area contributed by atoms with Gasteiger partial charge in [0.1, 0.15) is 11.6 Å². The first-order valence-electron chi connectivity index (χ1n) is 9.80. The van der Waals surface area contributed by atoms with E-state index >= 15 is 0 Å². The largest absolute Gasteiger partial charge is 0.507 e. The molecule has 0 unspecified atom stereocenters. The molecule has 1 atom stereocenters. The minimum Gasteiger partial charge on any atom is -0.507 e. The molecule has 146 valence electrons. The van der Waals surface area contributed by atoms with Gasteiger partial charge in [-0.1, -0.05) is 18.2 Å². The number of nitrogens with zero attached hydrogens (tertiary/aromatic N) is 2. The molecule has 1 fully saturated rings. The number of para-hydroxylation sites is 1. The molecule has 0 radical (unpaired) electrons. The van der Waals surface area contributed by atoms with Gasteiger partial charge in [-0.15, -0.1) is 0 Å². The average Bonchev–Trinajstić information content (AvgIpc) is 3.21. The highest BCUT2D eigenvalue weighted by molar-refractivity contribution is 5.91. The Morgan fingerprint density at radius 1 is 1.21 bits per heavy atom. The van der Waals surface area contributed by atoms with Crippen molar-refractivity contribution in [3.8, 4) is 17.1 Å². The summed E-state index contributed by atoms with van der Waals surface area (Å²) in [6.07, 6.45) is 2.97. The number of benzene rings is 2. The maximum absolute atomic E-state index is 10.3. The second-order valence-electron chi connectivity index (χ2n) is 7.19. The lowest BCUT2D eigenvalue weighted by atomic mass is 10.1. The van der Waals surface area contributed by atoms with E-state index in [-0.39, 0.29) is 5.75 Å². The fraction of sp³-hybridized carbons (Fsp3) is 0.364. The Balaban J connectivity index is 1.76. The Morgan fingerprint density at radius 2 is 2.11 bits per heavy atom. The predicted octanol–water partition coefficient (Wildman–Crippen LogP) is 3.36. The van der Waals surface area contributed by atoms with Gasteiger partial charge >= 0.3 is 0 Å². The number of phenols is 1. The van der Waals surface area contributed by atoms with Gasteiger partial charge in [0, 0.05) is 31.7 Å². The molecule has 0 bridgehead atoms. The van der Waals surface area contributed by atoms with Crippen molar-refractivity contribution in [3.63, 3.8) is 0 Å². The molecular formula is C22H26N4O2. The fourth-order valence-corrected chi connectivity index (χ4v) is 3.62. The van der Waals surface area contributed by atoms with E-state index in [2.05, 4.69) is 28.8 Å². The summed E-state index contributed by atoms with van der Waals surface area (Å²) in [4.78, 5) is 9.54. The first-order chi connectivity index (χ1) is 13.7. The average molecular weight is 378 g/mol. The van der Waals surface area contributed by atoms with E-state index in [9.17, 15) is 5.11 Å². The number of aryl methyl sites for hydroxylation is 1. The van der Waals surface area contributed by atoms with Crippen LogP contribution in [-0.4, -0.2) is 47.9 Å². The number of nitrogens with one attached hydrogen (secondary N) is 2. The summed E-state index contributed by atoms with van der Waals surface area (Å²) in [5.41, 5.74) is 2.75.